The molecule has 4 nitrogen and oxygen atoms in total. The van der Waals surface area contributed by atoms with Crippen LogP contribution in [0.3, 0.4) is 0 Å². The Morgan fingerprint density at radius 1 is 1.44 bits per heavy atom. The van der Waals surface area contributed by atoms with Gasteiger partial charge in [0.05, 0.1) is 6.07 Å². The van der Waals surface area contributed by atoms with Gasteiger partial charge >= 0.3 is 0 Å². The van der Waals surface area contributed by atoms with E-state index in [-0.39, 0.29) is 17.9 Å². The minimum Gasteiger partial charge on any atom is -0.352 e. The average Bonchev–Trinajstić information content (AvgIpc) is 2.22. The molecule has 1 saturated heterocycles. The van der Waals surface area contributed by atoms with Gasteiger partial charge in [-0.3, -0.25) is 9.00 Å². The van der Waals surface area contributed by atoms with Crippen LogP contribution in [0.25, 0.3) is 0 Å². The fourth-order valence-corrected chi connectivity index (χ4v) is 3.04. The predicted octanol–water partition coefficient (Wildman–Crippen LogP) is 0.809. The molecule has 0 aliphatic carbocycles. The Labute approximate surface area is 98.9 Å². The highest BCUT2D eigenvalue weighted by Crippen LogP contribution is 2.13. The van der Waals surface area contributed by atoms with Gasteiger partial charge in [-0.05, 0) is 18.8 Å². The molecule has 0 bridgehead atoms. The molecule has 90 valence electrons. The molecule has 0 aromatic carbocycles. The van der Waals surface area contributed by atoms with E-state index >= 15 is 0 Å². The molecular formula is C11H18N2O2S. The van der Waals surface area contributed by atoms with Crippen LogP contribution in [0.5, 0.6) is 0 Å². The van der Waals surface area contributed by atoms with Crippen molar-refractivity contribution in [3.63, 3.8) is 0 Å². The number of hydrogen-bond acceptors (Lipinski definition) is 3. The van der Waals surface area contributed by atoms with E-state index in [0.29, 0.717) is 11.5 Å². The van der Waals surface area contributed by atoms with E-state index in [1.54, 1.807) is 0 Å². The summed E-state index contributed by atoms with van der Waals surface area (Å²) in [7, 11) is -0.713. The average molecular weight is 242 g/mol. The number of nitrogens with zero attached hydrogens (tertiary/aromatic N) is 1. The minimum atomic E-state index is -0.713. The molecule has 1 aliphatic heterocycles. The van der Waals surface area contributed by atoms with E-state index in [0.717, 1.165) is 12.8 Å². The Morgan fingerprint density at radius 2 is 2.00 bits per heavy atom. The van der Waals surface area contributed by atoms with E-state index < -0.39 is 16.7 Å². The van der Waals surface area contributed by atoms with E-state index in [1.165, 1.54) is 0 Å². The van der Waals surface area contributed by atoms with E-state index in [2.05, 4.69) is 5.32 Å². The lowest BCUT2D eigenvalue weighted by atomic mass is 9.96. The van der Waals surface area contributed by atoms with Crippen LogP contribution in [0, 0.1) is 23.2 Å². The molecule has 0 aromatic heterocycles. The Balaban J connectivity index is 2.45. The van der Waals surface area contributed by atoms with Crippen molar-refractivity contribution >= 4 is 16.7 Å². The summed E-state index contributed by atoms with van der Waals surface area (Å²) in [4.78, 5) is 11.8. The number of rotatable bonds is 3. The Morgan fingerprint density at radius 3 is 2.44 bits per heavy atom. The summed E-state index contributed by atoms with van der Waals surface area (Å²) >= 11 is 0. The van der Waals surface area contributed by atoms with Crippen molar-refractivity contribution in [2.45, 2.75) is 32.7 Å². The van der Waals surface area contributed by atoms with Gasteiger partial charge in [0.25, 0.3) is 0 Å². The van der Waals surface area contributed by atoms with E-state index in [1.807, 2.05) is 19.9 Å². The van der Waals surface area contributed by atoms with Crippen molar-refractivity contribution in [2.24, 2.45) is 11.8 Å². The second kappa shape index (κ2) is 6.00. The third-order valence-electron chi connectivity index (χ3n) is 2.82. The summed E-state index contributed by atoms with van der Waals surface area (Å²) in [6.07, 6.45) is 1.52. The summed E-state index contributed by atoms with van der Waals surface area (Å²) in [6, 6.07) is 2.12. The smallest absolute Gasteiger partial charge is 0.237 e. The number of nitrogens with one attached hydrogen (secondary N) is 1. The monoisotopic (exact) mass is 242 g/mol. The molecule has 0 saturated carbocycles. The molecule has 1 atom stereocenters. The van der Waals surface area contributed by atoms with Crippen molar-refractivity contribution in [3.05, 3.63) is 0 Å². The van der Waals surface area contributed by atoms with E-state index in [9.17, 15) is 9.00 Å². The molecular weight excluding hydrogens is 224 g/mol. The molecule has 16 heavy (non-hydrogen) atoms. The molecule has 1 unspecified atom stereocenters. The Bertz CT molecular complexity index is 312. The third kappa shape index (κ3) is 3.60. The van der Waals surface area contributed by atoms with Crippen LogP contribution in [0.1, 0.15) is 26.7 Å². The molecule has 0 aromatic rings. The van der Waals surface area contributed by atoms with Crippen LogP contribution < -0.4 is 5.32 Å². The highest BCUT2D eigenvalue weighted by Gasteiger charge is 2.25. The van der Waals surface area contributed by atoms with Crippen molar-refractivity contribution < 1.29 is 9.00 Å². The van der Waals surface area contributed by atoms with Gasteiger partial charge in [0.2, 0.25) is 5.91 Å². The first-order chi connectivity index (χ1) is 7.54. The maximum absolute atomic E-state index is 11.8. The third-order valence-corrected chi connectivity index (χ3v) is 4.20. The molecule has 1 fully saturated rings. The lowest BCUT2D eigenvalue weighted by molar-refractivity contribution is -0.125. The van der Waals surface area contributed by atoms with Crippen molar-refractivity contribution in [1.29, 1.82) is 5.26 Å². The highest BCUT2D eigenvalue weighted by molar-refractivity contribution is 7.85. The maximum atomic E-state index is 11.8. The normalized spacial score (nSPS) is 27.1. The lowest BCUT2D eigenvalue weighted by Gasteiger charge is -2.24. The van der Waals surface area contributed by atoms with Gasteiger partial charge in [-0.2, -0.15) is 5.26 Å². The van der Waals surface area contributed by atoms with Gasteiger partial charge in [-0.1, -0.05) is 13.8 Å². The molecule has 1 heterocycles. The maximum Gasteiger partial charge on any atom is 0.237 e. The number of hydrogen-bond donors (Lipinski definition) is 1. The largest absolute Gasteiger partial charge is 0.352 e. The summed E-state index contributed by atoms with van der Waals surface area (Å²) in [5.74, 6) is 0.582. The summed E-state index contributed by atoms with van der Waals surface area (Å²) in [6.45, 7) is 3.73. The first-order valence-corrected chi connectivity index (χ1v) is 7.08. The van der Waals surface area contributed by atoms with Crippen molar-refractivity contribution in [2.75, 3.05) is 11.5 Å². The number of nitriles is 1. The van der Waals surface area contributed by atoms with Crippen LogP contribution in [-0.4, -0.2) is 27.7 Å². The molecule has 1 amide bonds. The second-order valence-electron chi connectivity index (χ2n) is 4.48. The van der Waals surface area contributed by atoms with Crippen molar-refractivity contribution in [1.82, 2.24) is 5.32 Å². The van der Waals surface area contributed by atoms with Crippen LogP contribution in [0.2, 0.25) is 0 Å². The summed E-state index contributed by atoms with van der Waals surface area (Å²) in [5.41, 5.74) is 0. The van der Waals surface area contributed by atoms with Gasteiger partial charge < -0.3 is 5.32 Å². The number of amides is 1. The van der Waals surface area contributed by atoms with Crippen LogP contribution in [0.15, 0.2) is 0 Å². The van der Waals surface area contributed by atoms with Crippen LogP contribution >= 0.6 is 0 Å². The SMILES string of the molecule is CC(C)C(C#N)C(=O)NC1CCS(=O)CC1. The molecule has 1 N–H and O–H groups in total. The van der Waals surface area contributed by atoms with E-state index in [4.69, 9.17) is 5.26 Å². The summed E-state index contributed by atoms with van der Waals surface area (Å²) < 4.78 is 11.1. The van der Waals surface area contributed by atoms with Gasteiger partial charge in [0.15, 0.2) is 0 Å². The molecule has 0 spiro atoms. The zero-order valence-electron chi connectivity index (χ0n) is 9.73. The molecule has 1 aliphatic rings. The van der Waals surface area contributed by atoms with Gasteiger partial charge in [0, 0.05) is 28.3 Å². The number of carbonyl (C=O) groups excluding carboxylic acids is 1. The topological polar surface area (TPSA) is 70.0 Å². The molecule has 1 rings (SSSR count). The second-order valence-corrected chi connectivity index (χ2v) is 6.18. The quantitative estimate of drug-likeness (QED) is 0.796. The van der Waals surface area contributed by atoms with Crippen molar-refractivity contribution in [3.8, 4) is 6.07 Å². The fourth-order valence-electron chi connectivity index (χ4n) is 1.74. The predicted molar refractivity (Wildman–Crippen MR) is 63.0 cm³/mol. The van der Waals surface area contributed by atoms with Gasteiger partial charge in [-0.15, -0.1) is 0 Å². The zero-order valence-corrected chi connectivity index (χ0v) is 10.5. The van der Waals surface area contributed by atoms with Gasteiger partial charge in [-0.25, -0.2) is 0 Å². The first kappa shape index (κ1) is 13.2. The molecule has 0 radical (unpaired) electrons. The standard InChI is InChI=1S/C11H18N2O2S/c1-8(2)10(7-12)11(14)13-9-3-5-16(15)6-4-9/h8-10H,3-6H2,1-2H3,(H,13,14). The Kier molecular flexibility index (Phi) is 4.94. The van der Waals surface area contributed by atoms with Crippen LogP contribution in [0.4, 0.5) is 0 Å². The fraction of sp³-hybridized carbons (Fsp3) is 0.818. The number of carbonyl (C=O) groups is 1. The Hall–Kier alpha value is -0.890. The van der Waals surface area contributed by atoms with Gasteiger partial charge in [0.1, 0.15) is 5.92 Å². The summed E-state index contributed by atoms with van der Waals surface area (Å²) in [5, 5.41) is 11.8. The minimum absolute atomic E-state index is 0.0303. The van der Waals surface area contributed by atoms with Crippen LogP contribution in [-0.2, 0) is 15.6 Å². The molecule has 5 heteroatoms. The highest BCUT2D eigenvalue weighted by atomic mass is 32.2. The lowest BCUT2D eigenvalue weighted by Crippen LogP contribution is -2.43. The first-order valence-electron chi connectivity index (χ1n) is 5.59. The zero-order chi connectivity index (χ0) is 12.1.